The highest BCUT2D eigenvalue weighted by molar-refractivity contribution is 9.10. The van der Waals surface area contributed by atoms with Crippen molar-refractivity contribution in [3.63, 3.8) is 0 Å². The Morgan fingerprint density at radius 2 is 1.71 bits per heavy atom. The number of benzene rings is 2. The van der Waals surface area contributed by atoms with Crippen LogP contribution in [-0.4, -0.2) is 23.3 Å². The summed E-state index contributed by atoms with van der Waals surface area (Å²) in [7, 11) is 0. The first-order valence-electron chi connectivity index (χ1n) is 9.37. The van der Waals surface area contributed by atoms with E-state index in [0.717, 1.165) is 15.7 Å². The third-order valence-corrected chi connectivity index (χ3v) is 5.34. The van der Waals surface area contributed by atoms with E-state index in [4.69, 9.17) is 12.2 Å². The van der Waals surface area contributed by atoms with Gasteiger partial charge in [0.1, 0.15) is 0 Å². The van der Waals surface area contributed by atoms with Crippen LogP contribution in [0.15, 0.2) is 58.1 Å². The lowest BCUT2D eigenvalue weighted by Gasteiger charge is -2.24. The molecule has 28 heavy (non-hydrogen) atoms. The molecule has 0 radical (unpaired) electrons. The van der Waals surface area contributed by atoms with Crippen molar-refractivity contribution in [2.45, 2.75) is 38.1 Å². The number of nitrogens with one attached hydrogen (secondary N) is 3. The minimum absolute atomic E-state index is 0.261. The lowest BCUT2D eigenvalue weighted by Crippen LogP contribution is -2.38. The van der Waals surface area contributed by atoms with Gasteiger partial charge in [-0.25, -0.2) is 5.43 Å². The van der Waals surface area contributed by atoms with Gasteiger partial charge in [-0.15, -0.1) is 0 Å². The molecule has 7 heteroatoms. The van der Waals surface area contributed by atoms with Crippen molar-refractivity contribution in [3.8, 4) is 0 Å². The van der Waals surface area contributed by atoms with Crippen LogP contribution in [0.1, 0.15) is 48.0 Å². The molecule has 3 rings (SSSR count). The molecule has 2 aromatic carbocycles. The molecule has 0 saturated heterocycles. The molecule has 0 aromatic heterocycles. The molecule has 5 nitrogen and oxygen atoms in total. The van der Waals surface area contributed by atoms with Crippen LogP contribution in [0.3, 0.4) is 0 Å². The average molecular weight is 459 g/mol. The second-order valence-electron chi connectivity index (χ2n) is 6.76. The third-order valence-electron chi connectivity index (χ3n) is 4.60. The molecule has 146 valence electrons. The van der Waals surface area contributed by atoms with Gasteiger partial charge < -0.3 is 10.6 Å². The number of rotatable bonds is 5. The van der Waals surface area contributed by atoms with E-state index in [-0.39, 0.29) is 5.91 Å². The molecule has 0 unspecified atom stereocenters. The molecule has 0 bridgehead atoms. The SMILES string of the molecule is O=C(NN=Cc1ccc(Br)cc1)c1ccc(NC(=S)NC2CCCCC2)cc1. The Morgan fingerprint density at radius 1 is 1.04 bits per heavy atom. The highest BCUT2D eigenvalue weighted by Crippen LogP contribution is 2.18. The predicted molar refractivity (Wildman–Crippen MR) is 122 cm³/mol. The number of carbonyl (C=O) groups is 1. The first kappa shape index (κ1) is 20.5. The van der Waals surface area contributed by atoms with Gasteiger partial charge in [-0.1, -0.05) is 47.3 Å². The molecule has 1 fully saturated rings. The zero-order chi connectivity index (χ0) is 19.8. The normalized spacial score (nSPS) is 14.6. The van der Waals surface area contributed by atoms with Gasteiger partial charge in [-0.05, 0) is 67.0 Å². The summed E-state index contributed by atoms with van der Waals surface area (Å²) in [5, 5.41) is 11.2. The number of halogens is 1. The van der Waals surface area contributed by atoms with Crippen molar-refractivity contribution in [1.82, 2.24) is 10.7 Å². The Morgan fingerprint density at radius 3 is 2.39 bits per heavy atom. The maximum atomic E-state index is 12.2. The number of hydrazone groups is 1. The summed E-state index contributed by atoms with van der Waals surface area (Å²) in [4.78, 5) is 12.2. The summed E-state index contributed by atoms with van der Waals surface area (Å²) < 4.78 is 0.996. The highest BCUT2D eigenvalue weighted by Gasteiger charge is 2.14. The number of anilines is 1. The van der Waals surface area contributed by atoms with Gasteiger partial charge in [-0.2, -0.15) is 5.10 Å². The fourth-order valence-electron chi connectivity index (χ4n) is 3.08. The molecule has 1 aliphatic carbocycles. The smallest absolute Gasteiger partial charge is 0.271 e. The molecular weight excluding hydrogens is 436 g/mol. The van der Waals surface area contributed by atoms with Gasteiger partial charge in [0.15, 0.2) is 5.11 Å². The summed E-state index contributed by atoms with van der Waals surface area (Å²) in [5.74, 6) is -0.261. The molecule has 0 spiro atoms. The van der Waals surface area contributed by atoms with Crippen molar-refractivity contribution in [3.05, 3.63) is 64.1 Å². The van der Waals surface area contributed by atoms with Gasteiger partial charge in [0, 0.05) is 21.8 Å². The van der Waals surface area contributed by atoms with Crippen LogP contribution in [0.2, 0.25) is 0 Å². The van der Waals surface area contributed by atoms with Crippen molar-refractivity contribution >= 4 is 51.1 Å². The van der Waals surface area contributed by atoms with Crippen LogP contribution in [0, 0.1) is 0 Å². The van der Waals surface area contributed by atoms with Crippen molar-refractivity contribution in [2.75, 3.05) is 5.32 Å². The Kier molecular flexibility index (Phi) is 7.56. The van der Waals surface area contributed by atoms with Crippen molar-refractivity contribution in [1.29, 1.82) is 0 Å². The molecule has 3 N–H and O–H groups in total. The Labute approximate surface area is 179 Å². The highest BCUT2D eigenvalue weighted by atomic mass is 79.9. The molecular formula is C21H23BrN4OS. The number of nitrogens with zero attached hydrogens (tertiary/aromatic N) is 1. The summed E-state index contributed by atoms with van der Waals surface area (Å²) >= 11 is 8.77. The van der Waals surface area contributed by atoms with E-state index in [0.29, 0.717) is 16.7 Å². The van der Waals surface area contributed by atoms with Crippen LogP contribution in [0.25, 0.3) is 0 Å². The zero-order valence-electron chi connectivity index (χ0n) is 15.5. The van der Waals surface area contributed by atoms with Crippen LogP contribution in [0.4, 0.5) is 5.69 Å². The Bertz CT molecular complexity index is 830. The lowest BCUT2D eigenvalue weighted by atomic mass is 9.96. The van der Waals surface area contributed by atoms with Gasteiger partial charge in [-0.3, -0.25) is 4.79 Å². The maximum Gasteiger partial charge on any atom is 0.271 e. The molecule has 1 saturated carbocycles. The molecule has 0 atom stereocenters. The van der Waals surface area contributed by atoms with Gasteiger partial charge in [0.05, 0.1) is 6.21 Å². The van der Waals surface area contributed by atoms with Crippen LogP contribution in [-0.2, 0) is 0 Å². The molecule has 2 aromatic rings. The summed E-state index contributed by atoms with van der Waals surface area (Å²) in [6, 6.07) is 15.3. The number of hydrogen-bond acceptors (Lipinski definition) is 3. The maximum absolute atomic E-state index is 12.2. The van der Waals surface area contributed by atoms with E-state index >= 15 is 0 Å². The minimum atomic E-state index is -0.261. The molecule has 1 amide bonds. The second-order valence-corrected chi connectivity index (χ2v) is 8.09. The minimum Gasteiger partial charge on any atom is -0.360 e. The first-order chi connectivity index (χ1) is 13.6. The van der Waals surface area contributed by atoms with Crippen LogP contribution in [0.5, 0.6) is 0 Å². The largest absolute Gasteiger partial charge is 0.360 e. The zero-order valence-corrected chi connectivity index (χ0v) is 17.9. The van der Waals surface area contributed by atoms with Crippen molar-refractivity contribution < 1.29 is 4.79 Å². The van der Waals surface area contributed by atoms with E-state index in [9.17, 15) is 4.79 Å². The lowest BCUT2D eigenvalue weighted by molar-refractivity contribution is 0.0955. The monoisotopic (exact) mass is 458 g/mol. The van der Waals surface area contributed by atoms with Gasteiger partial charge in [0.2, 0.25) is 0 Å². The van der Waals surface area contributed by atoms with E-state index < -0.39 is 0 Å². The fraction of sp³-hybridized carbons (Fsp3) is 0.286. The average Bonchev–Trinajstić information content (AvgIpc) is 2.70. The van der Waals surface area contributed by atoms with E-state index in [1.165, 1.54) is 32.1 Å². The standard InChI is InChI=1S/C21H23BrN4OS/c22-17-10-6-15(7-11-17)14-23-26-20(27)16-8-12-19(13-9-16)25-21(28)24-18-4-2-1-3-5-18/h6-14,18H,1-5H2,(H,26,27)(H2,24,25,28). The summed E-state index contributed by atoms with van der Waals surface area (Å²) in [6.45, 7) is 0. The third kappa shape index (κ3) is 6.42. The Balaban J connectivity index is 1.48. The van der Waals surface area contributed by atoms with E-state index in [2.05, 4.69) is 37.1 Å². The Hall–Kier alpha value is -2.25. The second kappa shape index (κ2) is 10.3. The molecule has 0 aliphatic heterocycles. The fourth-order valence-corrected chi connectivity index (χ4v) is 3.63. The van der Waals surface area contributed by atoms with Crippen LogP contribution >= 0.6 is 28.1 Å². The van der Waals surface area contributed by atoms with E-state index in [1.807, 2.05) is 36.4 Å². The quantitative estimate of drug-likeness (QED) is 0.341. The van der Waals surface area contributed by atoms with Crippen LogP contribution < -0.4 is 16.1 Å². The van der Waals surface area contributed by atoms with E-state index in [1.54, 1.807) is 18.3 Å². The van der Waals surface area contributed by atoms with Crippen molar-refractivity contribution in [2.24, 2.45) is 5.10 Å². The number of amides is 1. The predicted octanol–water partition coefficient (Wildman–Crippen LogP) is 4.83. The topological polar surface area (TPSA) is 65.5 Å². The number of hydrogen-bond donors (Lipinski definition) is 3. The number of thiocarbonyl (C=S) groups is 1. The first-order valence-corrected chi connectivity index (χ1v) is 10.6. The molecule has 0 heterocycles. The number of carbonyl (C=O) groups excluding carboxylic acids is 1. The summed E-state index contributed by atoms with van der Waals surface area (Å²) in [6.07, 6.45) is 7.77. The van der Waals surface area contributed by atoms with Gasteiger partial charge >= 0.3 is 0 Å². The molecule has 1 aliphatic rings. The summed E-state index contributed by atoms with van der Waals surface area (Å²) in [5.41, 5.74) is 4.82. The van der Waals surface area contributed by atoms with Gasteiger partial charge in [0.25, 0.3) is 5.91 Å².